The highest BCUT2D eigenvalue weighted by atomic mass is 16.1. The average Bonchev–Trinajstić information content (AvgIpc) is 2.62. The van der Waals surface area contributed by atoms with Crippen LogP contribution in [-0.2, 0) is 17.9 Å². The highest BCUT2D eigenvalue weighted by Crippen LogP contribution is 2.22. The molecule has 0 bridgehead atoms. The summed E-state index contributed by atoms with van der Waals surface area (Å²) in [6.07, 6.45) is 0. The van der Waals surface area contributed by atoms with Crippen molar-refractivity contribution in [1.29, 1.82) is 0 Å². The number of carbonyl (C=O) groups is 1. The molecule has 1 aliphatic heterocycles. The van der Waals surface area contributed by atoms with Gasteiger partial charge in [-0.25, -0.2) is 0 Å². The number of anilines is 1. The van der Waals surface area contributed by atoms with E-state index >= 15 is 0 Å². The van der Waals surface area contributed by atoms with Crippen LogP contribution in [0.4, 0.5) is 5.69 Å². The molecule has 24 heavy (non-hydrogen) atoms. The van der Waals surface area contributed by atoms with Gasteiger partial charge in [0.05, 0.1) is 0 Å². The summed E-state index contributed by atoms with van der Waals surface area (Å²) in [7, 11) is 0. The monoisotopic (exact) mass is 323 g/mol. The van der Waals surface area contributed by atoms with Crippen LogP contribution < -0.4 is 10.2 Å². The minimum Gasteiger partial charge on any atom is -0.369 e. The standard InChI is InChI=1S/C20H25N3O/c1-17(24)21-15-19-9-5-6-10-20(19)23-13-11-22(12-14-23)16-18-7-3-2-4-8-18/h2-10H,11-16H2,1H3,(H,21,24). The smallest absolute Gasteiger partial charge is 0.217 e. The van der Waals surface area contributed by atoms with E-state index in [2.05, 4.69) is 63.6 Å². The van der Waals surface area contributed by atoms with Crippen molar-refractivity contribution in [2.45, 2.75) is 20.0 Å². The van der Waals surface area contributed by atoms with Crippen LogP contribution in [-0.4, -0.2) is 37.0 Å². The van der Waals surface area contributed by atoms with E-state index in [-0.39, 0.29) is 5.91 Å². The molecule has 1 N–H and O–H groups in total. The molecule has 1 amide bonds. The molecule has 0 unspecified atom stereocenters. The number of hydrogen-bond acceptors (Lipinski definition) is 3. The third-order valence-electron chi connectivity index (χ3n) is 4.48. The third-order valence-corrected chi connectivity index (χ3v) is 4.48. The topological polar surface area (TPSA) is 35.6 Å². The fourth-order valence-corrected chi connectivity index (χ4v) is 3.18. The fourth-order valence-electron chi connectivity index (χ4n) is 3.18. The Hall–Kier alpha value is -2.33. The van der Waals surface area contributed by atoms with E-state index in [0.717, 1.165) is 32.7 Å². The number of carbonyl (C=O) groups excluding carboxylic acids is 1. The first kappa shape index (κ1) is 16.5. The summed E-state index contributed by atoms with van der Waals surface area (Å²) in [4.78, 5) is 16.1. The summed E-state index contributed by atoms with van der Waals surface area (Å²) >= 11 is 0. The number of nitrogens with zero attached hydrogens (tertiary/aromatic N) is 2. The molecule has 2 aromatic carbocycles. The highest BCUT2D eigenvalue weighted by molar-refractivity contribution is 5.73. The Labute approximate surface area is 144 Å². The van der Waals surface area contributed by atoms with Crippen LogP contribution in [0.15, 0.2) is 54.6 Å². The quantitative estimate of drug-likeness (QED) is 0.919. The predicted molar refractivity (Wildman–Crippen MR) is 97.9 cm³/mol. The summed E-state index contributed by atoms with van der Waals surface area (Å²) in [5, 5.41) is 2.91. The van der Waals surface area contributed by atoms with Crippen molar-refractivity contribution in [3.05, 3.63) is 65.7 Å². The van der Waals surface area contributed by atoms with Gasteiger partial charge in [0.15, 0.2) is 0 Å². The van der Waals surface area contributed by atoms with E-state index < -0.39 is 0 Å². The van der Waals surface area contributed by atoms with Gasteiger partial charge < -0.3 is 10.2 Å². The van der Waals surface area contributed by atoms with Gasteiger partial charge in [-0.05, 0) is 17.2 Å². The summed E-state index contributed by atoms with van der Waals surface area (Å²) in [5.74, 6) is 0.0116. The van der Waals surface area contributed by atoms with Crippen molar-refractivity contribution in [1.82, 2.24) is 10.2 Å². The number of piperazine rings is 1. The Balaban J connectivity index is 1.59. The Morgan fingerprint density at radius 2 is 1.62 bits per heavy atom. The zero-order chi connectivity index (χ0) is 16.8. The van der Waals surface area contributed by atoms with Crippen LogP contribution >= 0.6 is 0 Å². The second-order valence-electron chi connectivity index (χ2n) is 6.29. The van der Waals surface area contributed by atoms with Gasteiger partial charge in [0.25, 0.3) is 0 Å². The second kappa shape index (κ2) is 7.97. The molecule has 0 radical (unpaired) electrons. The largest absolute Gasteiger partial charge is 0.369 e. The van der Waals surface area contributed by atoms with Crippen molar-refractivity contribution in [3.63, 3.8) is 0 Å². The van der Waals surface area contributed by atoms with Crippen LogP contribution in [0.25, 0.3) is 0 Å². The van der Waals surface area contributed by atoms with E-state index in [9.17, 15) is 4.79 Å². The summed E-state index contributed by atoms with van der Waals surface area (Å²) in [5.41, 5.74) is 3.80. The lowest BCUT2D eigenvalue weighted by atomic mass is 10.1. The number of amides is 1. The number of nitrogens with one attached hydrogen (secondary N) is 1. The first-order valence-corrected chi connectivity index (χ1v) is 8.56. The van der Waals surface area contributed by atoms with Gasteiger partial charge in [-0.15, -0.1) is 0 Å². The molecule has 4 nitrogen and oxygen atoms in total. The zero-order valence-electron chi connectivity index (χ0n) is 14.2. The minimum atomic E-state index is 0.0116. The van der Waals surface area contributed by atoms with Crippen molar-refractivity contribution >= 4 is 11.6 Å². The number of benzene rings is 2. The lowest BCUT2D eigenvalue weighted by Gasteiger charge is -2.37. The molecule has 1 saturated heterocycles. The molecule has 1 aliphatic rings. The van der Waals surface area contributed by atoms with E-state index in [4.69, 9.17) is 0 Å². The van der Waals surface area contributed by atoms with Gasteiger partial charge in [-0.2, -0.15) is 0 Å². The predicted octanol–water partition coefficient (Wildman–Crippen LogP) is 2.64. The minimum absolute atomic E-state index is 0.0116. The maximum Gasteiger partial charge on any atom is 0.217 e. The molecule has 1 heterocycles. The van der Waals surface area contributed by atoms with E-state index in [1.54, 1.807) is 6.92 Å². The van der Waals surface area contributed by atoms with Gasteiger partial charge >= 0.3 is 0 Å². The Kier molecular flexibility index (Phi) is 5.49. The Bertz CT molecular complexity index is 664. The molecule has 1 fully saturated rings. The van der Waals surface area contributed by atoms with Gasteiger partial charge in [-0.1, -0.05) is 48.5 Å². The van der Waals surface area contributed by atoms with E-state index in [0.29, 0.717) is 6.54 Å². The Morgan fingerprint density at radius 3 is 2.33 bits per heavy atom. The second-order valence-corrected chi connectivity index (χ2v) is 6.29. The molecule has 0 aromatic heterocycles. The van der Waals surface area contributed by atoms with Crippen molar-refractivity contribution in [2.75, 3.05) is 31.1 Å². The highest BCUT2D eigenvalue weighted by Gasteiger charge is 2.19. The van der Waals surface area contributed by atoms with Crippen molar-refractivity contribution in [2.24, 2.45) is 0 Å². The fraction of sp³-hybridized carbons (Fsp3) is 0.350. The molecule has 126 valence electrons. The molecular formula is C20H25N3O. The van der Waals surface area contributed by atoms with Crippen LogP contribution in [0.1, 0.15) is 18.1 Å². The lowest BCUT2D eigenvalue weighted by molar-refractivity contribution is -0.119. The summed E-state index contributed by atoms with van der Waals surface area (Å²) in [6, 6.07) is 19.0. The summed E-state index contributed by atoms with van der Waals surface area (Å²) < 4.78 is 0. The van der Waals surface area contributed by atoms with E-state index in [1.165, 1.54) is 16.8 Å². The van der Waals surface area contributed by atoms with Gasteiger partial charge in [0.1, 0.15) is 0 Å². The SMILES string of the molecule is CC(=O)NCc1ccccc1N1CCN(Cc2ccccc2)CC1. The molecule has 3 rings (SSSR count). The summed E-state index contributed by atoms with van der Waals surface area (Å²) in [6.45, 7) is 7.32. The lowest BCUT2D eigenvalue weighted by Crippen LogP contribution is -2.46. The number of rotatable bonds is 5. The van der Waals surface area contributed by atoms with Crippen LogP contribution in [0, 0.1) is 0 Å². The molecule has 0 atom stereocenters. The van der Waals surface area contributed by atoms with Crippen LogP contribution in [0.2, 0.25) is 0 Å². The maximum absolute atomic E-state index is 11.2. The third kappa shape index (κ3) is 4.36. The molecular weight excluding hydrogens is 298 g/mol. The number of hydrogen-bond donors (Lipinski definition) is 1. The number of para-hydroxylation sites is 1. The molecule has 0 aliphatic carbocycles. The van der Waals surface area contributed by atoms with Crippen molar-refractivity contribution < 1.29 is 4.79 Å². The molecule has 4 heteroatoms. The van der Waals surface area contributed by atoms with Gasteiger partial charge in [-0.3, -0.25) is 9.69 Å². The van der Waals surface area contributed by atoms with Crippen LogP contribution in [0.3, 0.4) is 0 Å². The molecule has 0 spiro atoms. The van der Waals surface area contributed by atoms with Crippen LogP contribution in [0.5, 0.6) is 0 Å². The Morgan fingerprint density at radius 1 is 0.958 bits per heavy atom. The zero-order valence-corrected chi connectivity index (χ0v) is 14.2. The first-order valence-electron chi connectivity index (χ1n) is 8.56. The van der Waals surface area contributed by atoms with Gasteiger partial charge in [0, 0.05) is 51.9 Å². The van der Waals surface area contributed by atoms with Crippen molar-refractivity contribution in [3.8, 4) is 0 Å². The molecule has 2 aromatic rings. The maximum atomic E-state index is 11.2. The molecule has 0 saturated carbocycles. The van der Waals surface area contributed by atoms with E-state index in [1.807, 2.05) is 6.07 Å². The normalized spacial score (nSPS) is 15.3. The first-order chi connectivity index (χ1) is 11.7. The average molecular weight is 323 g/mol. The van der Waals surface area contributed by atoms with Gasteiger partial charge in [0.2, 0.25) is 5.91 Å².